The van der Waals surface area contributed by atoms with Crippen molar-refractivity contribution in [3.63, 3.8) is 0 Å². The second-order valence-corrected chi connectivity index (χ2v) is 7.01. The summed E-state index contributed by atoms with van der Waals surface area (Å²) >= 11 is 5.93. The third kappa shape index (κ3) is 5.58. The van der Waals surface area contributed by atoms with E-state index in [1.54, 1.807) is 17.0 Å². The van der Waals surface area contributed by atoms with Crippen LogP contribution in [0.15, 0.2) is 72.8 Å². The van der Waals surface area contributed by atoms with Crippen LogP contribution in [-0.2, 0) is 17.9 Å². The van der Waals surface area contributed by atoms with Crippen molar-refractivity contribution >= 4 is 23.5 Å². The molecule has 154 valence electrons. The molecule has 1 N–H and O–H groups in total. The normalized spacial score (nSPS) is 10.5. The lowest BCUT2D eigenvalue weighted by molar-refractivity contribution is -0.134. The summed E-state index contributed by atoms with van der Waals surface area (Å²) in [4.78, 5) is 25.8. The van der Waals surface area contributed by atoms with Gasteiger partial charge in [-0.1, -0.05) is 60.1 Å². The molecule has 0 aromatic heterocycles. The first-order valence-electron chi connectivity index (χ1n) is 9.15. The molecular weight excluding hydrogens is 409 g/mol. The second-order valence-electron chi connectivity index (χ2n) is 6.57. The molecule has 0 spiro atoms. The van der Waals surface area contributed by atoms with Gasteiger partial charge in [0.25, 0.3) is 5.91 Å². The summed E-state index contributed by atoms with van der Waals surface area (Å²) < 4.78 is 19.4. The summed E-state index contributed by atoms with van der Waals surface area (Å²) in [5.74, 6) is -3.04. The fourth-order valence-electron chi connectivity index (χ4n) is 2.90. The van der Waals surface area contributed by atoms with Crippen LogP contribution in [0.25, 0.3) is 0 Å². The van der Waals surface area contributed by atoms with Gasteiger partial charge in [0.15, 0.2) is 18.2 Å². The average molecular weight is 428 g/mol. The van der Waals surface area contributed by atoms with Crippen molar-refractivity contribution in [3.05, 3.63) is 100 Å². The van der Waals surface area contributed by atoms with E-state index in [2.05, 4.69) is 0 Å². The smallest absolute Gasteiger partial charge is 0.339 e. The van der Waals surface area contributed by atoms with Gasteiger partial charge in [0.2, 0.25) is 0 Å². The van der Waals surface area contributed by atoms with Gasteiger partial charge in [-0.25, -0.2) is 9.18 Å². The number of carboxylic acid groups (broad SMARTS) is 1. The van der Waals surface area contributed by atoms with Crippen LogP contribution in [-0.4, -0.2) is 28.5 Å². The van der Waals surface area contributed by atoms with Gasteiger partial charge in [0.1, 0.15) is 5.56 Å². The molecule has 0 fully saturated rings. The minimum absolute atomic E-state index is 0.289. The summed E-state index contributed by atoms with van der Waals surface area (Å²) in [6.07, 6.45) is 0. The number of benzene rings is 3. The maximum absolute atomic E-state index is 14.1. The van der Waals surface area contributed by atoms with Crippen molar-refractivity contribution in [3.8, 4) is 5.75 Å². The van der Waals surface area contributed by atoms with Crippen LogP contribution in [0.5, 0.6) is 5.75 Å². The zero-order valence-corrected chi connectivity index (χ0v) is 16.7. The van der Waals surface area contributed by atoms with E-state index < -0.39 is 30.1 Å². The third-order valence-corrected chi connectivity index (χ3v) is 4.65. The number of hydrogen-bond acceptors (Lipinski definition) is 3. The van der Waals surface area contributed by atoms with Crippen molar-refractivity contribution in [2.45, 2.75) is 13.1 Å². The average Bonchev–Trinajstić information content (AvgIpc) is 2.74. The first-order valence-corrected chi connectivity index (χ1v) is 9.52. The summed E-state index contributed by atoms with van der Waals surface area (Å²) in [7, 11) is 0. The van der Waals surface area contributed by atoms with Crippen LogP contribution in [0, 0.1) is 5.82 Å². The minimum atomic E-state index is -1.33. The highest BCUT2D eigenvalue weighted by Crippen LogP contribution is 2.23. The van der Waals surface area contributed by atoms with E-state index >= 15 is 0 Å². The minimum Gasteiger partial charge on any atom is -0.480 e. The van der Waals surface area contributed by atoms with E-state index in [1.807, 2.05) is 42.5 Å². The number of rotatable bonds is 8. The number of nitrogens with zero attached hydrogens (tertiary/aromatic N) is 1. The zero-order chi connectivity index (χ0) is 21.5. The highest BCUT2D eigenvalue weighted by Gasteiger charge is 2.20. The van der Waals surface area contributed by atoms with Crippen LogP contribution in [0.2, 0.25) is 5.02 Å². The van der Waals surface area contributed by atoms with Crippen molar-refractivity contribution < 1.29 is 23.8 Å². The topological polar surface area (TPSA) is 66.8 Å². The van der Waals surface area contributed by atoms with Crippen molar-refractivity contribution in [2.24, 2.45) is 0 Å². The lowest BCUT2D eigenvalue weighted by Gasteiger charge is -2.23. The molecule has 7 heteroatoms. The van der Waals surface area contributed by atoms with Crippen LogP contribution in [0.1, 0.15) is 21.5 Å². The summed E-state index contributed by atoms with van der Waals surface area (Å²) in [6.45, 7) is 0.105. The highest BCUT2D eigenvalue weighted by atomic mass is 35.5. The molecular formula is C23H19ClFNO4. The first kappa shape index (κ1) is 21.3. The molecule has 0 saturated carbocycles. The Kier molecular flexibility index (Phi) is 7.03. The van der Waals surface area contributed by atoms with Gasteiger partial charge in [0.05, 0.1) is 0 Å². The molecule has 3 aromatic carbocycles. The molecule has 0 saturated heterocycles. The van der Waals surface area contributed by atoms with E-state index in [9.17, 15) is 19.1 Å². The molecule has 0 aliphatic carbocycles. The summed E-state index contributed by atoms with van der Waals surface area (Å²) in [6, 6.07) is 20.1. The quantitative estimate of drug-likeness (QED) is 0.561. The Morgan fingerprint density at radius 3 is 2.17 bits per heavy atom. The fourth-order valence-corrected chi connectivity index (χ4v) is 3.02. The molecule has 0 atom stereocenters. The van der Waals surface area contributed by atoms with Crippen LogP contribution < -0.4 is 4.74 Å². The second kappa shape index (κ2) is 9.89. The number of para-hydroxylation sites is 1. The van der Waals surface area contributed by atoms with Gasteiger partial charge >= 0.3 is 5.97 Å². The molecule has 0 unspecified atom stereocenters. The Morgan fingerprint density at radius 1 is 0.900 bits per heavy atom. The first-order chi connectivity index (χ1) is 14.4. The van der Waals surface area contributed by atoms with Crippen LogP contribution in [0.4, 0.5) is 4.39 Å². The van der Waals surface area contributed by atoms with Gasteiger partial charge in [-0.05, 0) is 35.4 Å². The number of carbonyl (C=O) groups is 2. The number of hydrogen-bond donors (Lipinski definition) is 1. The lowest BCUT2D eigenvalue weighted by atomic mass is 10.1. The van der Waals surface area contributed by atoms with E-state index in [1.165, 1.54) is 12.1 Å². The number of ether oxygens (including phenoxy) is 1. The van der Waals surface area contributed by atoms with Crippen molar-refractivity contribution in [1.82, 2.24) is 4.90 Å². The Labute approximate surface area is 178 Å². The largest absolute Gasteiger partial charge is 0.480 e. The monoisotopic (exact) mass is 427 g/mol. The van der Waals surface area contributed by atoms with Gasteiger partial charge in [-0.15, -0.1) is 0 Å². The third-order valence-electron chi connectivity index (χ3n) is 4.39. The van der Waals surface area contributed by atoms with E-state index in [-0.39, 0.29) is 12.1 Å². The van der Waals surface area contributed by atoms with Gasteiger partial charge in [-0.2, -0.15) is 0 Å². The number of aromatic carboxylic acids is 1. The lowest BCUT2D eigenvalue weighted by Crippen LogP contribution is -2.34. The molecule has 0 bridgehead atoms. The maximum atomic E-state index is 14.1. The molecule has 30 heavy (non-hydrogen) atoms. The van der Waals surface area contributed by atoms with Crippen LogP contribution in [0.3, 0.4) is 0 Å². The molecule has 1 amide bonds. The Balaban J connectivity index is 1.78. The molecule has 3 aromatic rings. The fraction of sp³-hybridized carbons (Fsp3) is 0.130. The van der Waals surface area contributed by atoms with Gasteiger partial charge in [-0.3, -0.25) is 4.79 Å². The van der Waals surface area contributed by atoms with Crippen LogP contribution >= 0.6 is 11.6 Å². The van der Waals surface area contributed by atoms with Crippen molar-refractivity contribution in [1.29, 1.82) is 0 Å². The molecule has 0 heterocycles. The standard InChI is InChI=1S/C23H19ClFNO4/c24-18-11-9-17(10-12-18)14-26(13-16-5-2-1-3-6-16)21(27)15-30-22-19(23(28)29)7-4-8-20(22)25/h1-12H,13-15H2,(H,28,29). The van der Waals surface area contributed by atoms with Crippen molar-refractivity contribution in [2.75, 3.05) is 6.61 Å². The Bertz CT molecular complexity index is 1030. The summed E-state index contributed by atoms with van der Waals surface area (Å²) in [5, 5.41) is 9.81. The SMILES string of the molecule is O=C(O)c1cccc(F)c1OCC(=O)N(Cc1ccccc1)Cc1ccc(Cl)cc1. The number of amides is 1. The predicted octanol–water partition coefficient (Wildman–Crippen LogP) is 4.79. The zero-order valence-electron chi connectivity index (χ0n) is 15.9. The maximum Gasteiger partial charge on any atom is 0.339 e. The molecule has 3 rings (SSSR count). The Morgan fingerprint density at radius 2 is 1.53 bits per heavy atom. The number of carboxylic acids is 1. The van der Waals surface area contributed by atoms with Gasteiger partial charge in [0, 0.05) is 18.1 Å². The number of halogens is 2. The summed E-state index contributed by atoms with van der Waals surface area (Å²) in [5.41, 5.74) is 1.44. The molecule has 0 aliphatic heterocycles. The van der Waals surface area contributed by atoms with E-state index in [0.717, 1.165) is 17.2 Å². The van der Waals surface area contributed by atoms with Gasteiger partial charge < -0.3 is 14.7 Å². The molecule has 5 nitrogen and oxygen atoms in total. The Hall–Kier alpha value is -3.38. The van der Waals surface area contributed by atoms with E-state index in [0.29, 0.717) is 11.6 Å². The van der Waals surface area contributed by atoms with E-state index in [4.69, 9.17) is 16.3 Å². The molecule has 0 radical (unpaired) electrons. The number of carbonyl (C=O) groups excluding carboxylic acids is 1. The molecule has 0 aliphatic rings. The predicted molar refractivity (Wildman–Crippen MR) is 111 cm³/mol. The highest BCUT2D eigenvalue weighted by molar-refractivity contribution is 6.30.